The minimum atomic E-state index is -0.824. The number of rotatable bonds is 3. The molecule has 0 saturated heterocycles. The van der Waals surface area contributed by atoms with Gasteiger partial charge in [-0.05, 0) is 24.3 Å². The molecule has 34 heavy (non-hydrogen) atoms. The van der Waals surface area contributed by atoms with Crippen molar-refractivity contribution in [3.63, 3.8) is 0 Å². The highest BCUT2D eigenvalue weighted by atomic mass is 19.1. The van der Waals surface area contributed by atoms with Crippen molar-refractivity contribution < 1.29 is 22.7 Å². The molecule has 4 heterocycles. The van der Waals surface area contributed by atoms with Gasteiger partial charge in [-0.25, -0.2) is 23.1 Å². The number of halogens is 3. The molecule has 6 rings (SSSR count). The first-order valence-corrected chi connectivity index (χ1v) is 10.5. The fourth-order valence-electron chi connectivity index (χ4n) is 4.70. The molecular formula is C23H17F3N6O2. The molecule has 0 aliphatic carbocycles. The molecule has 2 aliphatic heterocycles. The quantitative estimate of drug-likeness (QED) is 0.428. The SMILES string of the molecule is CN1c2cnc(-n3cnc4ccc(F)cc43)nc2N([C@@H]2CCOc3c(F)ccc(F)c32)C1C=O. The molecule has 2 aromatic carbocycles. The van der Waals surface area contributed by atoms with Gasteiger partial charge in [-0.2, -0.15) is 4.98 Å². The van der Waals surface area contributed by atoms with Crippen LogP contribution in [0.1, 0.15) is 18.0 Å². The fraction of sp³-hybridized carbons (Fsp3) is 0.217. The van der Waals surface area contributed by atoms with Crippen LogP contribution in [0.4, 0.5) is 24.7 Å². The van der Waals surface area contributed by atoms with Crippen molar-refractivity contribution in [1.82, 2.24) is 19.5 Å². The lowest BCUT2D eigenvalue weighted by Gasteiger charge is -2.37. The van der Waals surface area contributed by atoms with Gasteiger partial charge < -0.3 is 14.5 Å². The van der Waals surface area contributed by atoms with Crippen molar-refractivity contribution in [2.45, 2.75) is 18.6 Å². The molecule has 0 radical (unpaired) electrons. The average Bonchev–Trinajstić information content (AvgIpc) is 3.38. The third kappa shape index (κ3) is 2.86. The average molecular weight is 466 g/mol. The molecule has 2 atom stereocenters. The summed E-state index contributed by atoms with van der Waals surface area (Å²) in [5, 5.41) is 0. The maximum atomic E-state index is 14.9. The monoisotopic (exact) mass is 466 g/mol. The molecule has 0 N–H and O–H groups in total. The van der Waals surface area contributed by atoms with E-state index in [0.29, 0.717) is 29.0 Å². The van der Waals surface area contributed by atoms with Gasteiger partial charge in [0, 0.05) is 19.5 Å². The predicted molar refractivity (Wildman–Crippen MR) is 117 cm³/mol. The number of hydrogen-bond acceptors (Lipinski definition) is 7. The van der Waals surface area contributed by atoms with Gasteiger partial charge in [0.05, 0.1) is 35.4 Å². The van der Waals surface area contributed by atoms with Gasteiger partial charge in [-0.1, -0.05) is 0 Å². The van der Waals surface area contributed by atoms with E-state index in [4.69, 9.17) is 4.74 Å². The van der Waals surface area contributed by atoms with Gasteiger partial charge in [-0.15, -0.1) is 0 Å². The molecule has 1 unspecified atom stereocenters. The van der Waals surface area contributed by atoms with E-state index in [1.165, 1.54) is 23.0 Å². The first-order valence-electron chi connectivity index (χ1n) is 10.5. The Balaban J connectivity index is 1.53. The Kier molecular flexibility index (Phi) is 4.48. The van der Waals surface area contributed by atoms with E-state index in [2.05, 4.69) is 15.0 Å². The van der Waals surface area contributed by atoms with Crippen LogP contribution >= 0.6 is 0 Å². The number of ether oxygens (including phenoxy) is 1. The number of nitrogens with zero attached hydrogens (tertiary/aromatic N) is 6. The summed E-state index contributed by atoms with van der Waals surface area (Å²) >= 11 is 0. The Morgan fingerprint density at radius 2 is 1.94 bits per heavy atom. The molecule has 8 nitrogen and oxygen atoms in total. The summed E-state index contributed by atoms with van der Waals surface area (Å²) in [6.45, 7) is 0.141. The summed E-state index contributed by atoms with van der Waals surface area (Å²) in [7, 11) is 1.70. The summed E-state index contributed by atoms with van der Waals surface area (Å²) in [5.41, 5.74) is 1.60. The smallest absolute Gasteiger partial charge is 0.237 e. The summed E-state index contributed by atoms with van der Waals surface area (Å²) < 4.78 is 50.2. The zero-order chi connectivity index (χ0) is 23.6. The highest BCUT2D eigenvalue weighted by Crippen LogP contribution is 2.47. The third-order valence-electron chi connectivity index (χ3n) is 6.29. The molecule has 0 spiro atoms. The topological polar surface area (TPSA) is 76.4 Å². The van der Waals surface area contributed by atoms with E-state index in [-0.39, 0.29) is 23.9 Å². The number of aromatic nitrogens is 4. The Morgan fingerprint density at radius 1 is 1.12 bits per heavy atom. The molecule has 0 bridgehead atoms. The van der Waals surface area contributed by atoms with Crippen molar-refractivity contribution >= 4 is 28.8 Å². The Labute approximate surface area is 191 Å². The van der Waals surface area contributed by atoms with Gasteiger partial charge in [0.25, 0.3) is 0 Å². The second-order valence-corrected chi connectivity index (χ2v) is 8.12. The van der Waals surface area contributed by atoms with Gasteiger partial charge in [0.15, 0.2) is 29.8 Å². The predicted octanol–water partition coefficient (Wildman–Crippen LogP) is 3.54. The number of hydrogen-bond donors (Lipinski definition) is 0. The highest BCUT2D eigenvalue weighted by Gasteiger charge is 2.43. The zero-order valence-electron chi connectivity index (χ0n) is 17.8. The molecule has 11 heteroatoms. The Morgan fingerprint density at radius 3 is 2.76 bits per heavy atom. The van der Waals surface area contributed by atoms with Gasteiger partial charge in [-0.3, -0.25) is 9.36 Å². The lowest BCUT2D eigenvalue weighted by Crippen LogP contribution is -2.46. The third-order valence-corrected chi connectivity index (χ3v) is 6.29. The van der Waals surface area contributed by atoms with Crippen LogP contribution < -0.4 is 14.5 Å². The minimum Gasteiger partial charge on any atom is -0.490 e. The summed E-state index contributed by atoms with van der Waals surface area (Å²) in [6, 6.07) is 5.53. The summed E-state index contributed by atoms with van der Waals surface area (Å²) in [5.74, 6) is -1.34. The number of benzene rings is 2. The Bertz CT molecular complexity index is 1460. The van der Waals surface area contributed by atoms with Crippen LogP contribution in [0.15, 0.2) is 42.9 Å². The number of aldehydes is 1. The Hall–Kier alpha value is -4.15. The maximum Gasteiger partial charge on any atom is 0.237 e. The van der Waals surface area contributed by atoms with Gasteiger partial charge in [0.1, 0.15) is 23.6 Å². The van der Waals surface area contributed by atoms with E-state index >= 15 is 0 Å². The van der Waals surface area contributed by atoms with Crippen molar-refractivity contribution in [2.24, 2.45) is 0 Å². The van der Waals surface area contributed by atoms with Crippen LogP contribution in [0.3, 0.4) is 0 Å². The van der Waals surface area contributed by atoms with Crippen molar-refractivity contribution in [3.05, 3.63) is 65.9 Å². The van der Waals surface area contributed by atoms with E-state index in [9.17, 15) is 18.0 Å². The standard InChI is InChI=1S/C23H17F3N6O2/c1-30-18-9-27-23(31-11-28-15-5-2-12(24)8-17(15)31)29-22(18)32(19(30)10-33)16-6-7-34-21-14(26)4-3-13(25)20(16)21/h2-5,8-11,16,19H,6-7H2,1H3/t16-,19?/m1/s1. The second kappa shape index (κ2) is 7.44. The highest BCUT2D eigenvalue weighted by molar-refractivity contribution is 5.84. The second-order valence-electron chi connectivity index (χ2n) is 8.12. The van der Waals surface area contributed by atoms with E-state index in [0.717, 1.165) is 18.4 Å². The molecule has 172 valence electrons. The van der Waals surface area contributed by atoms with E-state index < -0.39 is 29.7 Å². The van der Waals surface area contributed by atoms with E-state index in [1.54, 1.807) is 29.1 Å². The van der Waals surface area contributed by atoms with Crippen LogP contribution in [0, 0.1) is 17.5 Å². The lowest BCUT2D eigenvalue weighted by atomic mass is 9.97. The summed E-state index contributed by atoms with van der Waals surface area (Å²) in [6.07, 6.45) is 3.22. The minimum absolute atomic E-state index is 0.0367. The number of imidazole rings is 1. The number of likely N-dealkylation sites (N-methyl/N-ethyl adjacent to an activating group) is 1. The van der Waals surface area contributed by atoms with Crippen LogP contribution in [-0.2, 0) is 4.79 Å². The molecule has 2 aliphatic rings. The molecule has 0 fully saturated rings. The number of anilines is 2. The molecule has 4 aromatic rings. The number of carbonyl (C=O) groups excluding carboxylic acids is 1. The van der Waals surface area contributed by atoms with Crippen molar-refractivity contribution in [1.29, 1.82) is 0 Å². The van der Waals surface area contributed by atoms with Crippen LogP contribution in [0.2, 0.25) is 0 Å². The molecule has 2 aromatic heterocycles. The van der Waals surface area contributed by atoms with Crippen LogP contribution in [0.5, 0.6) is 5.75 Å². The van der Waals surface area contributed by atoms with Crippen molar-refractivity contribution in [3.8, 4) is 11.7 Å². The molecule has 0 amide bonds. The first kappa shape index (κ1) is 20.5. The normalized spacial score (nSPS) is 19.2. The first-order chi connectivity index (χ1) is 16.5. The maximum absolute atomic E-state index is 14.9. The van der Waals surface area contributed by atoms with Crippen molar-refractivity contribution in [2.75, 3.05) is 23.5 Å². The van der Waals surface area contributed by atoms with Gasteiger partial charge in [0.2, 0.25) is 5.95 Å². The van der Waals surface area contributed by atoms with Crippen LogP contribution in [-0.4, -0.2) is 45.6 Å². The molecule has 0 saturated carbocycles. The van der Waals surface area contributed by atoms with Gasteiger partial charge >= 0.3 is 0 Å². The van der Waals surface area contributed by atoms with Crippen LogP contribution in [0.25, 0.3) is 17.0 Å². The number of fused-ring (bicyclic) bond motifs is 3. The zero-order valence-corrected chi connectivity index (χ0v) is 17.8. The largest absolute Gasteiger partial charge is 0.490 e. The number of carbonyl (C=O) groups is 1. The lowest BCUT2D eigenvalue weighted by molar-refractivity contribution is -0.109. The molecular weight excluding hydrogens is 449 g/mol. The fourth-order valence-corrected chi connectivity index (χ4v) is 4.70. The summed E-state index contributed by atoms with van der Waals surface area (Å²) in [4.78, 5) is 28.8. The van der Waals surface area contributed by atoms with E-state index in [1.807, 2.05) is 0 Å².